The van der Waals surface area contributed by atoms with Crippen molar-refractivity contribution in [2.24, 2.45) is 5.92 Å². The molecular weight excluding hydrogens is 228 g/mol. The van der Waals surface area contributed by atoms with Gasteiger partial charge in [-0.15, -0.1) is 12.4 Å². The minimum absolute atomic E-state index is 0. The van der Waals surface area contributed by atoms with Crippen molar-refractivity contribution in [3.8, 4) is 0 Å². The fourth-order valence-electron chi connectivity index (χ4n) is 1.81. The number of carbonyl (C=O) groups is 1. The van der Waals surface area contributed by atoms with Gasteiger partial charge in [-0.25, -0.2) is 0 Å². The van der Waals surface area contributed by atoms with Gasteiger partial charge >= 0.3 is 0 Å². The van der Waals surface area contributed by atoms with Crippen LogP contribution in [0.5, 0.6) is 0 Å². The molecule has 5 heteroatoms. The van der Waals surface area contributed by atoms with Crippen LogP contribution in [-0.2, 0) is 11.3 Å². The molecule has 0 aromatic carbocycles. The van der Waals surface area contributed by atoms with E-state index in [-0.39, 0.29) is 24.2 Å². The first-order chi connectivity index (χ1) is 7.36. The van der Waals surface area contributed by atoms with Crippen LogP contribution in [0.4, 0.5) is 0 Å². The Morgan fingerprint density at radius 1 is 1.50 bits per heavy atom. The molecule has 0 aliphatic carbocycles. The zero-order valence-corrected chi connectivity index (χ0v) is 9.89. The summed E-state index contributed by atoms with van der Waals surface area (Å²) in [6.07, 6.45) is 5.16. The first-order valence-electron chi connectivity index (χ1n) is 5.36. The molecule has 1 saturated heterocycles. The molecule has 1 aromatic rings. The molecule has 1 fully saturated rings. The van der Waals surface area contributed by atoms with Crippen LogP contribution in [0.2, 0.25) is 0 Å². The number of amides is 1. The van der Waals surface area contributed by atoms with Gasteiger partial charge in [-0.3, -0.25) is 4.79 Å². The van der Waals surface area contributed by atoms with Gasteiger partial charge in [0.15, 0.2) is 0 Å². The van der Waals surface area contributed by atoms with Crippen LogP contribution in [-0.4, -0.2) is 19.0 Å². The highest BCUT2D eigenvalue weighted by molar-refractivity contribution is 5.85. The summed E-state index contributed by atoms with van der Waals surface area (Å²) in [5.74, 6) is 0.343. The van der Waals surface area contributed by atoms with Crippen molar-refractivity contribution in [1.82, 2.24) is 10.6 Å². The molecule has 0 bridgehead atoms. The molecule has 90 valence electrons. The number of carbonyl (C=O) groups excluding carboxylic acids is 1. The Morgan fingerprint density at radius 3 is 2.88 bits per heavy atom. The van der Waals surface area contributed by atoms with Crippen molar-refractivity contribution in [2.45, 2.75) is 19.4 Å². The second-order valence-electron chi connectivity index (χ2n) is 3.87. The van der Waals surface area contributed by atoms with E-state index >= 15 is 0 Å². The van der Waals surface area contributed by atoms with Crippen LogP contribution in [0.15, 0.2) is 23.0 Å². The number of halogens is 1. The van der Waals surface area contributed by atoms with E-state index in [0.29, 0.717) is 6.54 Å². The Kier molecular flexibility index (Phi) is 5.35. The second kappa shape index (κ2) is 6.55. The maximum Gasteiger partial charge on any atom is 0.223 e. The van der Waals surface area contributed by atoms with Crippen molar-refractivity contribution in [2.75, 3.05) is 13.1 Å². The van der Waals surface area contributed by atoms with Crippen molar-refractivity contribution in [3.05, 3.63) is 24.2 Å². The molecule has 2 rings (SSSR count). The second-order valence-corrected chi connectivity index (χ2v) is 3.87. The van der Waals surface area contributed by atoms with E-state index in [1.54, 1.807) is 12.5 Å². The molecule has 1 aliphatic rings. The van der Waals surface area contributed by atoms with Gasteiger partial charge < -0.3 is 15.1 Å². The highest BCUT2D eigenvalue weighted by Crippen LogP contribution is 2.11. The highest BCUT2D eigenvalue weighted by atomic mass is 35.5. The van der Waals surface area contributed by atoms with Gasteiger partial charge in [0.05, 0.1) is 12.5 Å². The van der Waals surface area contributed by atoms with Crippen LogP contribution < -0.4 is 10.6 Å². The summed E-state index contributed by atoms with van der Waals surface area (Å²) in [6.45, 7) is 2.47. The maximum absolute atomic E-state index is 11.7. The monoisotopic (exact) mass is 244 g/mol. The normalized spacial score (nSPS) is 16.5. The molecule has 2 heterocycles. The Labute approximate surface area is 101 Å². The molecule has 16 heavy (non-hydrogen) atoms. The number of hydrogen-bond acceptors (Lipinski definition) is 3. The summed E-state index contributed by atoms with van der Waals surface area (Å²) in [5, 5.41) is 6.17. The van der Waals surface area contributed by atoms with Crippen molar-refractivity contribution >= 4 is 18.3 Å². The average Bonchev–Trinajstić information content (AvgIpc) is 2.80. The predicted molar refractivity (Wildman–Crippen MR) is 63.4 cm³/mol. The molecule has 1 aromatic heterocycles. The third-order valence-corrected chi connectivity index (χ3v) is 2.76. The van der Waals surface area contributed by atoms with Gasteiger partial charge in [0.25, 0.3) is 0 Å². The van der Waals surface area contributed by atoms with Crippen LogP contribution in [0.1, 0.15) is 18.4 Å². The van der Waals surface area contributed by atoms with Gasteiger partial charge in [0.2, 0.25) is 5.91 Å². The van der Waals surface area contributed by atoms with Crippen LogP contribution >= 0.6 is 12.4 Å². The van der Waals surface area contributed by atoms with E-state index in [0.717, 1.165) is 31.5 Å². The van der Waals surface area contributed by atoms with Crippen molar-refractivity contribution < 1.29 is 9.21 Å². The standard InChI is InChI=1S/C11H16N2O2.ClH/c14-11(10-1-4-12-5-2-10)13-7-9-3-6-15-8-9;/h3,6,8,10,12H,1-2,4-5,7H2,(H,13,14);1H. The first-order valence-corrected chi connectivity index (χ1v) is 5.36. The van der Waals surface area contributed by atoms with E-state index in [1.807, 2.05) is 6.07 Å². The summed E-state index contributed by atoms with van der Waals surface area (Å²) >= 11 is 0. The Bertz CT molecular complexity index is 308. The average molecular weight is 245 g/mol. The predicted octanol–water partition coefficient (Wildman–Crippen LogP) is 1.32. The SMILES string of the molecule is Cl.O=C(NCc1ccoc1)C1CCNCC1. The smallest absolute Gasteiger partial charge is 0.223 e. The maximum atomic E-state index is 11.7. The summed E-state index contributed by atoms with van der Waals surface area (Å²) in [4.78, 5) is 11.7. The molecule has 0 radical (unpaired) electrons. The summed E-state index contributed by atoms with van der Waals surface area (Å²) in [5.41, 5.74) is 1.01. The van der Waals surface area contributed by atoms with Gasteiger partial charge in [-0.05, 0) is 32.0 Å². The number of rotatable bonds is 3. The number of furan rings is 1. The first kappa shape index (κ1) is 13.1. The zero-order chi connectivity index (χ0) is 10.5. The lowest BCUT2D eigenvalue weighted by Crippen LogP contribution is -2.37. The van der Waals surface area contributed by atoms with E-state index in [2.05, 4.69) is 10.6 Å². The lowest BCUT2D eigenvalue weighted by atomic mass is 9.97. The fraction of sp³-hybridized carbons (Fsp3) is 0.545. The van der Waals surface area contributed by atoms with Gasteiger partial charge in [0, 0.05) is 18.0 Å². The molecule has 0 saturated carbocycles. The summed E-state index contributed by atoms with van der Waals surface area (Å²) in [7, 11) is 0. The third kappa shape index (κ3) is 3.54. The largest absolute Gasteiger partial charge is 0.472 e. The molecule has 1 aliphatic heterocycles. The molecule has 0 spiro atoms. The topological polar surface area (TPSA) is 54.3 Å². The van der Waals surface area contributed by atoms with E-state index in [4.69, 9.17) is 4.42 Å². The molecule has 2 N–H and O–H groups in total. The van der Waals surface area contributed by atoms with Gasteiger partial charge in [-0.1, -0.05) is 0 Å². The Balaban J connectivity index is 0.00000128. The molecular formula is C11H17ClN2O2. The van der Waals surface area contributed by atoms with E-state index < -0.39 is 0 Å². The van der Waals surface area contributed by atoms with Gasteiger partial charge in [-0.2, -0.15) is 0 Å². The number of nitrogens with one attached hydrogen (secondary N) is 2. The molecule has 0 unspecified atom stereocenters. The fourth-order valence-corrected chi connectivity index (χ4v) is 1.81. The summed E-state index contributed by atoms with van der Waals surface area (Å²) < 4.78 is 4.93. The lowest BCUT2D eigenvalue weighted by molar-refractivity contribution is -0.125. The molecule has 1 amide bonds. The van der Waals surface area contributed by atoms with Crippen LogP contribution in [0.25, 0.3) is 0 Å². The number of hydrogen-bond donors (Lipinski definition) is 2. The van der Waals surface area contributed by atoms with Crippen LogP contribution in [0.3, 0.4) is 0 Å². The molecule has 4 nitrogen and oxygen atoms in total. The minimum Gasteiger partial charge on any atom is -0.472 e. The summed E-state index contributed by atoms with van der Waals surface area (Å²) in [6, 6.07) is 1.86. The van der Waals surface area contributed by atoms with Crippen molar-refractivity contribution in [1.29, 1.82) is 0 Å². The molecule has 0 atom stereocenters. The minimum atomic E-state index is 0. The Morgan fingerprint density at radius 2 is 2.25 bits per heavy atom. The number of piperidine rings is 1. The lowest BCUT2D eigenvalue weighted by Gasteiger charge is -2.21. The highest BCUT2D eigenvalue weighted by Gasteiger charge is 2.20. The van der Waals surface area contributed by atoms with E-state index in [1.165, 1.54) is 0 Å². The van der Waals surface area contributed by atoms with Crippen molar-refractivity contribution in [3.63, 3.8) is 0 Å². The van der Waals surface area contributed by atoms with E-state index in [9.17, 15) is 4.79 Å². The van der Waals surface area contributed by atoms with Crippen LogP contribution in [0, 0.1) is 5.92 Å². The zero-order valence-electron chi connectivity index (χ0n) is 9.07. The Hall–Kier alpha value is -1.00. The third-order valence-electron chi connectivity index (χ3n) is 2.76. The van der Waals surface area contributed by atoms with Gasteiger partial charge in [0.1, 0.15) is 0 Å². The quantitative estimate of drug-likeness (QED) is 0.843.